The first-order chi connectivity index (χ1) is 10.7. The fourth-order valence-electron chi connectivity index (χ4n) is 4.43. The van der Waals surface area contributed by atoms with Gasteiger partial charge < -0.3 is 14.9 Å². The Hall–Kier alpha value is -0.870. The van der Waals surface area contributed by atoms with Gasteiger partial charge in [0, 0.05) is 26.1 Å². The van der Waals surface area contributed by atoms with E-state index in [1.165, 1.54) is 51.7 Å². The van der Waals surface area contributed by atoms with E-state index in [1.807, 2.05) is 4.90 Å². The van der Waals surface area contributed by atoms with Gasteiger partial charge in [-0.05, 0) is 62.9 Å². The number of hydrogen-bond acceptors (Lipinski definition) is 3. The predicted molar refractivity (Wildman–Crippen MR) is 87.5 cm³/mol. The van der Waals surface area contributed by atoms with Crippen molar-refractivity contribution in [1.82, 2.24) is 9.80 Å². The number of likely N-dealkylation sites (tertiary alicyclic amines) is 2. The van der Waals surface area contributed by atoms with Crippen LogP contribution in [0.4, 0.5) is 0 Å². The molecule has 3 aliphatic rings. The number of carbonyl (C=O) groups excluding carboxylic acids is 1. The van der Waals surface area contributed by atoms with Crippen LogP contribution in [0.2, 0.25) is 0 Å². The first kappa shape index (κ1) is 16.0. The Morgan fingerprint density at radius 3 is 2.73 bits per heavy atom. The molecule has 1 aliphatic carbocycles. The smallest absolute Gasteiger partial charge is 0.222 e. The van der Waals surface area contributed by atoms with Gasteiger partial charge in [0.05, 0.1) is 6.61 Å². The van der Waals surface area contributed by atoms with Crippen molar-refractivity contribution in [3.8, 4) is 0 Å². The minimum Gasteiger partial charge on any atom is -0.395 e. The third-order valence-electron chi connectivity index (χ3n) is 5.93. The monoisotopic (exact) mass is 306 g/mol. The van der Waals surface area contributed by atoms with Crippen molar-refractivity contribution in [2.24, 2.45) is 11.3 Å². The fraction of sp³-hybridized carbons (Fsp3) is 0.833. The highest BCUT2D eigenvalue weighted by Gasteiger charge is 2.40. The molecule has 0 saturated carbocycles. The summed E-state index contributed by atoms with van der Waals surface area (Å²) in [5.41, 5.74) is 0.325. The zero-order valence-corrected chi connectivity index (χ0v) is 13.7. The van der Waals surface area contributed by atoms with Gasteiger partial charge in [0.2, 0.25) is 5.91 Å². The Morgan fingerprint density at radius 2 is 2.05 bits per heavy atom. The Balaban J connectivity index is 1.50. The van der Waals surface area contributed by atoms with Crippen LogP contribution in [0.25, 0.3) is 0 Å². The molecule has 2 aliphatic heterocycles. The lowest BCUT2D eigenvalue weighted by Gasteiger charge is -2.48. The molecule has 0 unspecified atom stereocenters. The van der Waals surface area contributed by atoms with Crippen molar-refractivity contribution < 1.29 is 9.90 Å². The highest BCUT2D eigenvalue weighted by molar-refractivity contribution is 5.77. The van der Waals surface area contributed by atoms with E-state index in [1.54, 1.807) is 0 Å². The number of rotatable bonds is 4. The first-order valence-electron chi connectivity index (χ1n) is 8.97. The maximum absolute atomic E-state index is 11.9. The van der Waals surface area contributed by atoms with E-state index < -0.39 is 0 Å². The van der Waals surface area contributed by atoms with Crippen molar-refractivity contribution in [2.75, 3.05) is 39.3 Å². The van der Waals surface area contributed by atoms with E-state index in [0.717, 1.165) is 18.9 Å². The lowest BCUT2D eigenvalue weighted by molar-refractivity contribution is -0.139. The normalized spacial score (nSPS) is 29.2. The number of β-amino-alcohol motifs (C(OH)–C–C–N with tert-alkyl or cyclic N) is 1. The number of aliphatic hydroxyl groups excluding tert-OH is 1. The van der Waals surface area contributed by atoms with Crippen molar-refractivity contribution in [3.05, 3.63) is 12.2 Å². The number of carbonyl (C=O) groups is 1. The lowest BCUT2D eigenvalue weighted by Crippen LogP contribution is -2.52. The summed E-state index contributed by atoms with van der Waals surface area (Å²) in [6.07, 6.45) is 12.7. The summed E-state index contributed by atoms with van der Waals surface area (Å²) in [6, 6.07) is 0. The van der Waals surface area contributed by atoms with Crippen LogP contribution in [0.5, 0.6) is 0 Å². The summed E-state index contributed by atoms with van der Waals surface area (Å²) >= 11 is 0. The molecule has 2 saturated heterocycles. The maximum Gasteiger partial charge on any atom is 0.222 e. The number of allylic oxidation sites excluding steroid dienone is 2. The van der Waals surface area contributed by atoms with E-state index in [9.17, 15) is 4.79 Å². The van der Waals surface area contributed by atoms with Gasteiger partial charge in [-0.2, -0.15) is 0 Å². The second-order valence-electron chi connectivity index (χ2n) is 7.49. The number of nitrogens with zero attached hydrogens (tertiary/aromatic N) is 2. The van der Waals surface area contributed by atoms with Gasteiger partial charge in [0.1, 0.15) is 0 Å². The van der Waals surface area contributed by atoms with Crippen LogP contribution >= 0.6 is 0 Å². The van der Waals surface area contributed by atoms with Gasteiger partial charge in [-0.15, -0.1) is 0 Å². The number of amides is 1. The van der Waals surface area contributed by atoms with Crippen LogP contribution in [-0.2, 0) is 4.79 Å². The summed E-state index contributed by atoms with van der Waals surface area (Å²) in [7, 11) is 0. The standard InChI is InChI=1S/C18H30N2O2/c21-13-12-20-15-18(7-6-17(20)22)8-10-19(11-9-18)14-16-4-2-1-3-5-16/h1-2,16,21H,3-15H2/t16-/m0/s1. The van der Waals surface area contributed by atoms with Crippen LogP contribution in [0, 0.1) is 11.3 Å². The van der Waals surface area contributed by atoms with Crippen LogP contribution in [0.1, 0.15) is 44.9 Å². The van der Waals surface area contributed by atoms with E-state index >= 15 is 0 Å². The largest absolute Gasteiger partial charge is 0.395 e. The molecule has 2 heterocycles. The maximum atomic E-state index is 11.9. The molecule has 0 aromatic rings. The summed E-state index contributed by atoms with van der Waals surface area (Å²) in [5, 5.41) is 9.14. The topological polar surface area (TPSA) is 43.8 Å². The third-order valence-corrected chi connectivity index (χ3v) is 5.93. The second-order valence-corrected chi connectivity index (χ2v) is 7.49. The number of hydrogen-bond donors (Lipinski definition) is 1. The average molecular weight is 306 g/mol. The Labute approximate surface area is 134 Å². The second kappa shape index (κ2) is 7.14. The first-order valence-corrected chi connectivity index (χ1v) is 8.97. The summed E-state index contributed by atoms with van der Waals surface area (Å²) in [6.45, 7) is 5.08. The molecule has 3 rings (SSSR count). The van der Waals surface area contributed by atoms with E-state index in [4.69, 9.17) is 5.11 Å². The molecule has 4 heteroatoms. The zero-order chi connectivity index (χ0) is 15.4. The molecule has 1 N–H and O–H groups in total. The highest BCUT2D eigenvalue weighted by atomic mass is 16.3. The molecule has 124 valence electrons. The van der Waals surface area contributed by atoms with Crippen LogP contribution in [-0.4, -0.2) is 60.1 Å². The minimum absolute atomic E-state index is 0.0865. The third kappa shape index (κ3) is 3.72. The quantitative estimate of drug-likeness (QED) is 0.808. The van der Waals surface area contributed by atoms with Crippen LogP contribution in [0.3, 0.4) is 0 Å². The molecule has 1 amide bonds. The summed E-state index contributed by atoms with van der Waals surface area (Å²) in [5.74, 6) is 1.08. The molecule has 0 aromatic heterocycles. The summed E-state index contributed by atoms with van der Waals surface area (Å²) in [4.78, 5) is 16.5. The van der Waals surface area contributed by atoms with Gasteiger partial charge in [-0.3, -0.25) is 4.79 Å². The molecule has 0 bridgehead atoms. The van der Waals surface area contributed by atoms with Crippen molar-refractivity contribution in [2.45, 2.75) is 44.9 Å². The van der Waals surface area contributed by atoms with E-state index in [2.05, 4.69) is 17.1 Å². The molecule has 22 heavy (non-hydrogen) atoms. The van der Waals surface area contributed by atoms with Crippen molar-refractivity contribution in [1.29, 1.82) is 0 Å². The molecular formula is C18H30N2O2. The van der Waals surface area contributed by atoms with Crippen LogP contribution < -0.4 is 0 Å². The molecule has 2 fully saturated rings. The number of aliphatic hydroxyl groups is 1. The fourth-order valence-corrected chi connectivity index (χ4v) is 4.43. The van der Waals surface area contributed by atoms with Crippen molar-refractivity contribution >= 4 is 5.91 Å². The molecule has 1 atom stereocenters. The SMILES string of the molecule is O=C1CCC2(CCN(C[C@H]3CC=CCC3)CC2)CN1CCO. The average Bonchev–Trinajstić information content (AvgIpc) is 2.55. The minimum atomic E-state index is 0.0865. The van der Waals surface area contributed by atoms with Gasteiger partial charge in [-0.1, -0.05) is 12.2 Å². The lowest BCUT2D eigenvalue weighted by atomic mass is 9.72. The predicted octanol–water partition coefficient (Wildman–Crippen LogP) is 2.04. The van der Waals surface area contributed by atoms with E-state index in [-0.39, 0.29) is 12.5 Å². The number of piperidine rings is 2. The highest BCUT2D eigenvalue weighted by Crippen LogP contribution is 2.40. The Bertz CT molecular complexity index is 413. The van der Waals surface area contributed by atoms with Gasteiger partial charge in [0.25, 0.3) is 0 Å². The van der Waals surface area contributed by atoms with Crippen LogP contribution in [0.15, 0.2) is 12.2 Å². The zero-order valence-electron chi connectivity index (χ0n) is 13.7. The van der Waals surface area contributed by atoms with Gasteiger partial charge in [-0.25, -0.2) is 0 Å². The molecule has 4 nitrogen and oxygen atoms in total. The van der Waals surface area contributed by atoms with E-state index in [0.29, 0.717) is 18.4 Å². The van der Waals surface area contributed by atoms with Gasteiger partial charge >= 0.3 is 0 Å². The van der Waals surface area contributed by atoms with Crippen molar-refractivity contribution in [3.63, 3.8) is 0 Å². The molecule has 1 spiro atoms. The Morgan fingerprint density at radius 1 is 1.23 bits per heavy atom. The van der Waals surface area contributed by atoms with Gasteiger partial charge in [0.15, 0.2) is 0 Å². The molecule has 0 radical (unpaired) electrons. The Kier molecular flexibility index (Phi) is 5.19. The molecular weight excluding hydrogens is 276 g/mol. The molecule has 0 aromatic carbocycles. The summed E-state index contributed by atoms with van der Waals surface area (Å²) < 4.78 is 0.